The highest BCUT2D eigenvalue weighted by molar-refractivity contribution is 5.92. The Bertz CT molecular complexity index is 1280. The minimum Gasteiger partial charge on any atom is -0.466 e. The third kappa shape index (κ3) is 39.6. The predicted octanol–water partition coefficient (Wildman–Crippen LogP) is 8.58. The molecule has 0 aromatic heterocycles. The van der Waals surface area contributed by atoms with Crippen LogP contribution in [-0.2, 0) is 66.7 Å². The van der Waals surface area contributed by atoms with Gasteiger partial charge in [0.25, 0.3) is 0 Å². The van der Waals surface area contributed by atoms with Crippen LogP contribution in [0.3, 0.4) is 0 Å². The summed E-state index contributed by atoms with van der Waals surface area (Å²) in [6, 6.07) is 0. The lowest BCUT2D eigenvalue weighted by atomic mass is 9.94. The van der Waals surface area contributed by atoms with E-state index in [1.165, 1.54) is 0 Å². The van der Waals surface area contributed by atoms with Crippen molar-refractivity contribution in [3.63, 3.8) is 0 Å². The van der Waals surface area contributed by atoms with Gasteiger partial charge in [-0.15, -0.1) is 0 Å². The van der Waals surface area contributed by atoms with Crippen molar-refractivity contribution >= 4 is 41.8 Å². The molecule has 0 amide bonds. The Morgan fingerprint density at radius 2 is 0.652 bits per heavy atom. The molecule has 0 radical (unpaired) electrons. The molecule has 0 aliphatic rings. The molecule has 0 rings (SSSR count). The van der Waals surface area contributed by atoms with Crippen LogP contribution in [0.2, 0.25) is 0 Å². The SMILES string of the molecule is CCCCCCCC(=O)OCCCCCOC(=O)CC(CC(=O)OCCCCCOC(=O)CCCCCCC)(OC(=O)CCN(CCO)CCO)C(=O)OCCCCCOC(=O)CCCCCCC. The van der Waals surface area contributed by atoms with Crippen molar-refractivity contribution in [1.29, 1.82) is 0 Å². The molecule has 0 aliphatic carbocycles. The van der Waals surface area contributed by atoms with Crippen LogP contribution in [0.1, 0.15) is 213 Å². The zero-order chi connectivity index (χ0) is 51.1. The number of unbranched alkanes of at least 4 members (excludes halogenated alkanes) is 18. The maximum atomic E-state index is 14.0. The van der Waals surface area contributed by atoms with E-state index in [1.54, 1.807) is 4.90 Å². The van der Waals surface area contributed by atoms with Gasteiger partial charge in [-0.1, -0.05) is 97.8 Å². The first-order valence-electron chi connectivity index (χ1n) is 26.6. The standard InChI is InChI=1S/C52H93NO16/c1-4-7-10-13-19-28-45(56)63-37-22-16-25-40-66-49(60)43-52(69-48(59)31-32-53(33-35-54)34-36-55,51(62)68-42-27-18-24-39-65-47(58)30-21-15-12-9-6-3)44-50(61)67-41-26-17-23-38-64-46(57)29-20-14-11-8-5-2/h54-55H,4-44H2,1-3H3. The van der Waals surface area contributed by atoms with Gasteiger partial charge in [0.15, 0.2) is 0 Å². The van der Waals surface area contributed by atoms with Crippen molar-refractivity contribution in [3.05, 3.63) is 0 Å². The molecule has 0 spiro atoms. The van der Waals surface area contributed by atoms with Gasteiger partial charge in [-0.3, -0.25) is 33.7 Å². The van der Waals surface area contributed by atoms with E-state index in [0.717, 1.165) is 96.3 Å². The fourth-order valence-corrected chi connectivity index (χ4v) is 7.23. The van der Waals surface area contributed by atoms with E-state index in [0.29, 0.717) is 77.0 Å². The number of nitrogens with zero attached hydrogens (tertiary/aromatic N) is 1. The second kappa shape index (κ2) is 46.5. The minimum absolute atomic E-state index is 0.0337. The molecule has 0 heterocycles. The van der Waals surface area contributed by atoms with Crippen LogP contribution in [-0.4, -0.2) is 135 Å². The van der Waals surface area contributed by atoms with Crippen LogP contribution in [0, 0.1) is 0 Å². The van der Waals surface area contributed by atoms with Crippen molar-refractivity contribution in [2.45, 2.75) is 219 Å². The molecule has 17 nitrogen and oxygen atoms in total. The second-order valence-corrected chi connectivity index (χ2v) is 17.8. The lowest BCUT2D eigenvalue weighted by Gasteiger charge is -2.30. The van der Waals surface area contributed by atoms with Gasteiger partial charge in [-0.25, -0.2) is 4.79 Å². The molecular formula is C52H93NO16. The fourth-order valence-electron chi connectivity index (χ4n) is 7.23. The first kappa shape index (κ1) is 65.2. The quantitative estimate of drug-likeness (QED) is 0.0330. The molecule has 0 unspecified atom stereocenters. The number of carbonyl (C=O) groups excluding carboxylic acids is 7. The normalized spacial score (nSPS) is 11.3. The van der Waals surface area contributed by atoms with E-state index < -0.39 is 42.3 Å². The lowest BCUT2D eigenvalue weighted by Crippen LogP contribution is -2.49. The molecular weight excluding hydrogens is 895 g/mol. The summed E-state index contributed by atoms with van der Waals surface area (Å²) in [5.74, 6) is -4.66. The summed E-state index contributed by atoms with van der Waals surface area (Å²) >= 11 is 0. The van der Waals surface area contributed by atoms with Crippen LogP contribution >= 0.6 is 0 Å². The Kier molecular flexibility index (Phi) is 44.0. The van der Waals surface area contributed by atoms with E-state index >= 15 is 0 Å². The Morgan fingerprint density at radius 1 is 0.348 bits per heavy atom. The van der Waals surface area contributed by atoms with E-state index in [4.69, 9.17) is 33.2 Å². The van der Waals surface area contributed by atoms with E-state index in [1.807, 2.05) is 0 Å². The monoisotopic (exact) mass is 988 g/mol. The van der Waals surface area contributed by atoms with Crippen LogP contribution in [0.25, 0.3) is 0 Å². The fraction of sp³-hybridized carbons (Fsp3) is 0.865. The van der Waals surface area contributed by atoms with Crippen LogP contribution < -0.4 is 0 Å². The average molecular weight is 988 g/mol. The summed E-state index contributed by atoms with van der Waals surface area (Å²) in [5, 5.41) is 18.9. The molecule has 0 bridgehead atoms. The zero-order valence-electron chi connectivity index (χ0n) is 43.0. The van der Waals surface area contributed by atoms with Gasteiger partial charge in [-0.05, 0) is 77.0 Å². The van der Waals surface area contributed by atoms with Gasteiger partial charge in [0.1, 0.15) is 0 Å². The summed E-state index contributed by atoms with van der Waals surface area (Å²) in [7, 11) is 0. The first-order valence-corrected chi connectivity index (χ1v) is 26.6. The highest BCUT2D eigenvalue weighted by atomic mass is 16.6. The summed E-state index contributed by atoms with van der Waals surface area (Å²) in [4.78, 5) is 92.2. The number of esters is 7. The van der Waals surface area contributed by atoms with Crippen molar-refractivity contribution in [3.8, 4) is 0 Å². The number of aliphatic hydroxyl groups excluding tert-OH is 2. The second-order valence-electron chi connectivity index (χ2n) is 17.8. The molecule has 69 heavy (non-hydrogen) atoms. The molecule has 2 N–H and O–H groups in total. The molecule has 0 aromatic carbocycles. The molecule has 0 saturated carbocycles. The maximum Gasteiger partial charge on any atom is 0.351 e. The van der Waals surface area contributed by atoms with Gasteiger partial charge in [0.2, 0.25) is 5.60 Å². The minimum atomic E-state index is -2.45. The van der Waals surface area contributed by atoms with E-state index in [9.17, 15) is 43.8 Å². The van der Waals surface area contributed by atoms with Crippen molar-refractivity contribution in [1.82, 2.24) is 4.90 Å². The average Bonchev–Trinajstić information content (AvgIpc) is 3.32. The zero-order valence-corrected chi connectivity index (χ0v) is 43.0. The van der Waals surface area contributed by atoms with Crippen molar-refractivity contribution in [2.75, 3.05) is 72.5 Å². The maximum absolute atomic E-state index is 14.0. The number of hydrogen-bond acceptors (Lipinski definition) is 17. The number of aliphatic hydroxyl groups is 2. The third-order valence-electron chi connectivity index (χ3n) is 11.4. The summed E-state index contributed by atoms with van der Waals surface area (Å²) in [6.07, 6.45) is 18.9. The molecule has 402 valence electrons. The predicted molar refractivity (Wildman–Crippen MR) is 261 cm³/mol. The number of ether oxygens (including phenoxy) is 7. The lowest BCUT2D eigenvalue weighted by molar-refractivity contribution is -0.191. The summed E-state index contributed by atoms with van der Waals surface area (Å²) in [5.41, 5.74) is -2.45. The van der Waals surface area contributed by atoms with E-state index in [2.05, 4.69) is 20.8 Å². The van der Waals surface area contributed by atoms with Crippen LogP contribution in [0.5, 0.6) is 0 Å². The van der Waals surface area contributed by atoms with Gasteiger partial charge < -0.3 is 43.4 Å². The van der Waals surface area contributed by atoms with Gasteiger partial charge in [-0.2, -0.15) is 0 Å². The Morgan fingerprint density at radius 3 is 0.986 bits per heavy atom. The largest absolute Gasteiger partial charge is 0.466 e. The first-order chi connectivity index (χ1) is 33.5. The topological polar surface area (TPSA) is 228 Å². The molecule has 0 aliphatic heterocycles. The van der Waals surface area contributed by atoms with Gasteiger partial charge in [0, 0.05) is 38.9 Å². The van der Waals surface area contributed by atoms with Crippen molar-refractivity contribution in [2.24, 2.45) is 0 Å². The van der Waals surface area contributed by atoms with Gasteiger partial charge >= 0.3 is 41.8 Å². The molecule has 17 heteroatoms. The highest BCUT2D eigenvalue weighted by Gasteiger charge is 2.49. The molecule has 0 saturated heterocycles. The van der Waals surface area contributed by atoms with Crippen LogP contribution in [0.4, 0.5) is 0 Å². The smallest absolute Gasteiger partial charge is 0.351 e. The molecule has 0 atom stereocenters. The Hall–Kier alpha value is -3.83. The van der Waals surface area contributed by atoms with Crippen molar-refractivity contribution < 1.29 is 76.9 Å². The molecule has 0 aromatic rings. The Balaban J connectivity index is 5.69. The van der Waals surface area contributed by atoms with Gasteiger partial charge in [0.05, 0.1) is 72.1 Å². The number of rotatable bonds is 49. The summed E-state index contributed by atoms with van der Waals surface area (Å²) < 4.78 is 38.3. The van der Waals surface area contributed by atoms with Crippen LogP contribution in [0.15, 0.2) is 0 Å². The number of carbonyl (C=O) groups is 7. The third-order valence-corrected chi connectivity index (χ3v) is 11.4. The highest BCUT2D eigenvalue weighted by Crippen LogP contribution is 2.27. The number of hydrogen-bond donors (Lipinski definition) is 2. The Labute approximate surface area is 414 Å². The molecule has 0 fully saturated rings. The van der Waals surface area contributed by atoms with E-state index in [-0.39, 0.29) is 96.8 Å². The summed E-state index contributed by atoms with van der Waals surface area (Å²) in [6.45, 7) is 6.68.